The molecule has 19 heavy (non-hydrogen) atoms. The number of benzene rings is 1. The molecule has 2 rings (SSSR count). The Kier molecular flexibility index (Phi) is 4.59. The second kappa shape index (κ2) is 6.20. The highest BCUT2D eigenvalue weighted by molar-refractivity contribution is 5.84. The number of nitrogens with zero attached hydrogens (tertiary/aromatic N) is 1. The summed E-state index contributed by atoms with van der Waals surface area (Å²) in [5.41, 5.74) is 1.22. The smallest absolute Gasteiger partial charge is 0.241 e. The van der Waals surface area contributed by atoms with Crippen molar-refractivity contribution in [2.45, 2.75) is 45.8 Å². The van der Waals surface area contributed by atoms with Crippen LogP contribution >= 0.6 is 0 Å². The highest BCUT2D eigenvalue weighted by Crippen LogP contribution is 2.20. The first-order valence-corrected chi connectivity index (χ1v) is 7.24. The number of rotatable bonds is 5. The Bertz CT molecular complexity index is 416. The van der Waals surface area contributed by atoms with Gasteiger partial charge in [0.1, 0.15) is 0 Å². The van der Waals surface area contributed by atoms with Gasteiger partial charge in [-0.2, -0.15) is 0 Å². The maximum Gasteiger partial charge on any atom is 0.241 e. The molecule has 0 radical (unpaired) electrons. The van der Waals surface area contributed by atoms with E-state index in [9.17, 15) is 4.79 Å². The molecule has 1 fully saturated rings. The number of carbonyl (C=O) groups excluding carboxylic acids is 1. The minimum Gasteiger partial charge on any atom is -0.326 e. The van der Waals surface area contributed by atoms with Gasteiger partial charge in [-0.25, -0.2) is 0 Å². The van der Waals surface area contributed by atoms with Crippen LogP contribution in [0.15, 0.2) is 30.3 Å². The van der Waals surface area contributed by atoms with Gasteiger partial charge in [-0.05, 0) is 24.3 Å². The zero-order chi connectivity index (χ0) is 13.8. The molecular formula is C16H24N2O. The van der Waals surface area contributed by atoms with Gasteiger partial charge in [0.25, 0.3) is 0 Å². The van der Waals surface area contributed by atoms with Crippen molar-refractivity contribution in [3.8, 4) is 0 Å². The highest BCUT2D eigenvalue weighted by Gasteiger charge is 2.39. The summed E-state index contributed by atoms with van der Waals surface area (Å²) in [5.74, 6) is 0.695. The summed E-state index contributed by atoms with van der Waals surface area (Å²) in [7, 11) is 0. The van der Waals surface area contributed by atoms with Crippen molar-refractivity contribution in [3.05, 3.63) is 35.9 Å². The third-order valence-corrected chi connectivity index (χ3v) is 3.67. The normalized spacial score (nSPS) is 23.4. The quantitative estimate of drug-likeness (QED) is 0.882. The van der Waals surface area contributed by atoms with E-state index in [4.69, 9.17) is 0 Å². The van der Waals surface area contributed by atoms with Gasteiger partial charge in [-0.3, -0.25) is 10.1 Å². The first kappa shape index (κ1) is 14.1. The Labute approximate surface area is 116 Å². The molecule has 2 atom stereocenters. The van der Waals surface area contributed by atoms with E-state index in [2.05, 4.69) is 38.2 Å². The Morgan fingerprint density at radius 2 is 1.95 bits per heavy atom. The summed E-state index contributed by atoms with van der Waals surface area (Å²) in [6.07, 6.45) is 1.97. The zero-order valence-corrected chi connectivity index (χ0v) is 12.1. The average Bonchev–Trinajstić information content (AvgIpc) is 2.70. The first-order chi connectivity index (χ1) is 9.13. The number of nitrogens with one attached hydrogen (secondary N) is 1. The zero-order valence-electron chi connectivity index (χ0n) is 12.1. The maximum absolute atomic E-state index is 12.5. The number of hydrogen-bond acceptors (Lipinski definition) is 2. The van der Waals surface area contributed by atoms with Crippen LogP contribution in [0.1, 0.15) is 32.8 Å². The summed E-state index contributed by atoms with van der Waals surface area (Å²) in [4.78, 5) is 14.5. The molecule has 1 amide bonds. The lowest BCUT2D eigenvalue weighted by Crippen LogP contribution is -2.41. The van der Waals surface area contributed by atoms with Gasteiger partial charge >= 0.3 is 0 Å². The lowest BCUT2D eigenvalue weighted by Gasteiger charge is -2.26. The molecule has 1 aromatic rings. The molecule has 0 bridgehead atoms. The molecule has 1 aromatic carbocycles. The van der Waals surface area contributed by atoms with Gasteiger partial charge in [0.15, 0.2) is 0 Å². The van der Waals surface area contributed by atoms with Gasteiger partial charge < -0.3 is 4.90 Å². The SMILES string of the molecule is CCCN1C(=O)C(Cc2ccccc2)NC1C(C)C. The fourth-order valence-electron chi connectivity index (χ4n) is 2.74. The summed E-state index contributed by atoms with van der Waals surface area (Å²) in [6.45, 7) is 7.30. The van der Waals surface area contributed by atoms with E-state index in [0.29, 0.717) is 5.92 Å². The van der Waals surface area contributed by atoms with Crippen molar-refractivity contribution in [1.29, 1.82) is 0 Å². The van der Waals surface area contributed by atoms with Crippen LogP contribution in [0.5, 0.6) is 0 Å². The maximum atomic E-state index is 12.5. The molecule has 3 nitrogen and oxygen atoms in total. The molecule has 1 saturated heterocycles. The Morgan fingerprint density at radius 3 is 2.53 bits per heavy atom. The number of hydrogen-bond donors (Lipinski definition) is 1. The minimum atomic E-state index is -0.0682. The van der Waals surface area contributed by atoms with Gasteiger partial charge in [0.2, 0.25) is 5.91 Å². The monoisotopic (exact) mass is 260 g/mol. The Morgan fingerprint density at radius 1 is 1.26 bits per heavy atom. The summed E-state index contributed by atoms with van der Waals surface area (Å²) in [6, 6.07) is 10.2. The molecule has 0 aliphatic carbocycles. The van der Waals surface area contributed by atoms with E-state index in [1.54, 1.807) is 0 Å². The second-order valence-corrected chi connectivity index (χ2v) is 5.63. The van der Waals surface area contributed by atoms with Crippen LogP contribution in [0.2, 0.25) is 0 Å². The van der Waals surface area contributed by atoms with E-state index < -0.39 is 0 Å². The molecule has 1 N–H and O–H groups in total. The highest BCUT2D eigenvalue weighted by atomic mass is 16.2. The van der Waals surface area contributed by atoms with Crippen molar-refractivity contribution in [1.82, 2.24) is 10.2 Å². The standard InChI is InChI=1S/C16H24N2O/c1-4-10-18-15(12(2)3)17-14(16(18)19)11-13-8-6-5-7-9-13/h5-9,12,14-15,17H,4,10-11H2,1-3H3. The van der Waals surface area contributed by atoms with Gasteiger partial charge in [0, 0.05) is 6.54 Å². The molecule has 1 heterocycles. The van der Waals surface area contributed by atoms with Crippen LogP contribution in [0, 0.1) is 5.92 Å². The Hall–Kier alpha value is -1.35. The van der Waals surface area contributed by atoms with E-state index in [1.807, 2.05) is 23.1 Å². The third-order valence-electron chi connectivity index (χ3n) is 3.67. The minimum absolute atomic E-state index is 0.0682. The van der Waals surface area contributed by atoms with Crippen LogP contribution in [-0.2, 0) is 11.2 Å². The first-order valence-electron chi connectivity index (χ1n) is 7.24. The van der Waals surface area contributed by atoms with Gasteiger partial charge in [0.05, 0.1) is 12.2 Å². The molecule has 0 saturated carbocycles. The van der Waals surface area contributed by atoms with Crippen LogP contribution in [0.4, 0.5) is 0 Å². The largest absolute Gasteiger partial charge is 0.326 e. The topological polar surface area (TPSA) is 32.3 Å². The van der Waals surface area contributed by atoms with Crippen molar-refractivity contribution in [2.24, 2.45) is 5.92 Å². The molecule has 0 aromatic heterocycles. The lowest BCUT2D eigenvalue weighted by atomic mass is 10.1. The lowest BCUT2D eigenvalue weighted by molar-refractivity contribution is -0.130. The molecule has 2 unspecified atom stereocenters. The summed E-state index contributed by atoms with van der Waals surface area (Å²) < 4.78 is 0. The van der Waals surface area contributed by atoms with Crippen molar-refractivity contribution in [2.75, 3.05) is 6.54 Å². The molecular weight excluding hydrogens is 236 g/mol. The number of amides is 1. The van der Waals surface area contributed by atoms with Crippen LogP contribution < -0.4 is 5.32 Å². The van der Waals surface area contributed by atoms with Crippen LogP contribution in [-0.4, -0.2) is 29.6 Å². The van der Waals surface area contributed by atoms with E-state index in [1.165, 1.54) is 5.56 Å². The fraction of sp³-hybridized carbons (Fsp3) is 0.562. The summed E-state index contributed by atoms with van der Waals surface area (Å²) in [5, 5.41) is 3.50. The second-order valence-electron chi connectivity index (χ2n) is 5.63. The van der Waals surface area contributed by atoms with Crippen molar-refractivity contribution in [3.63, 3.8) is 0 Å². The third kappa shape index (κ3) is 3.16. The molecule has 104 valence electrons. The van der Waals surface area contributed by atoms with Gasteiger partial charge in [-0.1, -0.05) is 51.1 Å². The van der Waals surface area contributed by atoms with E-state index in [0.717, 1.165) is 19.4 Å². The van der Waals surface area contributed by atoms with Crippen LogP contribution in [0.25, 0.3) is 0 Å². The van der Waals surface area contributed by atoms with Crippen LogP contribution in [0.3, 0.4) is 0 Å². The molecule has 0 spiro atoms. The Balaban J connectivity index is 2.09. The van der Waals surface area contributed by atoms with E-state index in [-0.39, 0.29) is 18.1 Å². The molecule has 1 aliphatic heterocycles. The van der Waals surface area contributed by atoms with Crippen molar-refractivity contribution >= 4 is 5.91 Å². The number of carbonyl (C=O) groups is 1. The predicted octanol–water partition coefficient (Wildman–Crippen LogP) is 2.42. The fourth-order valence-corrected chi connectivity index (χ4v) is 2.74. The summed E-state index contributed by atoms with van der Waals surface area (Å²) >= 11 is 0. The average molecular weight is 260 g/mol. The van der Waals surface area contributed by atoms with Gasteiger partial charge in [-0.15, -0.1) is 0 Å². The van der Waals surface area contributed by atoms with Crippen molar-refractivity contribution < 1.29 is 4.79 Å². The molecule has 1 aliphatic rings. The molecule has 3 heteroatoms. The predicted molar refractivity (Wildman–Crippen MR) is 77.7 cm³/mol. The van der Waals surface area contributed by atoms with E-state index >= 15 is 0 Å².